The summed E-state index contributed by atoms with van der Waals surface area (Å²) in [5.41, 5.74) is 2.13. The largest absolute Gasteiger partial charge is 0.497 e. The molecule has 4 aromatic rings. The van der Waals surface area contributed by atoms with Gasteiger partial charge in [0.15, 0.2) is 11.0 Å². The minimum atomic E-state index is 0.740. The lowest BCUT2D eigenvalue weighted by molar-refractivity contribution is 0.415. The van der Waals surface area contributed by atoms with Gasteiger partial charge in [0.05, 0.1) is 7.11 Å². The number of aromatic nitrogens is 3. The summed E-state index contributed by atoms with van der Waals surface area (Å²) >= 11 is 1.66. The minimum absolute atomic E-state index is 0.740. The lowest BCUT2D eigenvalue weighted by atomic mass is 10.2. The Hall–Kier alpha value is -3.25. The average Bonchev–Trinajstić information content (AvgIpc) is 3.22. The molecular weight excluding hydrogens is 394 g/mol. The van der Waals surface area contributed by atoms with Crippen molar-refractivity contribution in [3.63, 3.8) is 0 Å². The van der Waals surface area contributed by atoms with Crippen LogP contribution in [-0.2, 0) is 12.3 Å². The number of ether oxygens (including phenoxy) is 2. The fourth-order valence-corrected chi connectivity index (χ4v) is 4.11. The predicted molar refractivity (Wildman–Crippen MR) is 120 cm³/mol. The van der Waals surface area contributed by atoms with Crippen molar-refractivity contribution in [1.82, 2.24) is 14.8 Å². The Labute approximate surface area is 180 Å². The molecule has 0 radical (unpaired) electrons. The van der Waals surface area contributed by atoms with Crippen LogP contribution < -0.4 is 9.47 Å². The summed E-state index contributed by atoms with van der Waals surface area (Å²) in [6.07, 6.45) is 0. The SMILES string of the molecule is CCn1c(SCc2ccccc2Oc2ccccc2)nnc1-c1ccc(OC)cc1. The number of hydrogen-bond acceptors (Lipinski definition) is 5. The van der Waals surface area contributed by atoms with Crippen LogP contribution in [0.2, 0.25) is 0 Å². The molecule has 0 atom stereocenters. The van der Waals surface area contributed by atoms with Gasteiger partial charge >= 0.3 is 0 Å². The molecule has 6 heteroatoms. The van der Waals surface area contributed by atoms with Gasteiger partial charge in [-0.15, -0.1) is 10.2 Å². The highest BCUT2D eigenvalue weighted by Crippen LogP contribution is 2.32. The number of para-hydroxylation sites is 2. The zero-order chi connectivity index (χ0) is 20.8. The van der Waals surface area contributed by atoms with Crippen molar-refractivity contribution >= 4 is 11.8 Å². The van der Waals surface area contributed by atoms with Crippen LogP contribution in [0.25, 0.3) is 11.4 Å². The van der Waals surface area contributed by atoms with Crippen LogP contribution >= 0.6 is 11.8 Å². The van der Waals surface area contributed by atoms with E-state index in [1.54, 1.807) is 18.9 Å². The summed E-state index contributed by atoms with van der Waals surface area (Å²) in [6, 6.07) is 25.8. The van der Waals surface area contributed by atoms with Crippen LogP contribution in [0.1, 0.15) is 12.5 Å². The van der Waals surface area contributed by atoms with Gasteiger partial charge in [0.1, 0.15) is 17.2 Å². The first-order chi connectivity index (χ1) is 14.8. The molecule has 152 valence electrons. The summed E-state index contributed by atoms with van der Waals surface area (Å²) in [6.45, 7) is 2.89. The van der Waals surface area contributed by atoms with E-state index in [1.807, 2.05) is 72.8 Å². The maximum Gasteiger partial charge on any atom is 0.191 e. The highest BCUT2D eigenvalue weighted by atomic mass is 32.2. The minimum Gasteiger partial charge on any atom is -0.497 e. The number of nitrogens with zero attached hydrogens (tertiary/aromatic N) is 3. The molecule has 0 N–H and O–H groups in total. The van der Waals surface area contributed by atoms with Crippen LogP contribution in [0.4, 0.5) is 0 Å². The maximum absolute atomic E-state index is 6.08. The highest BCUT2D eigenvalue weighted by Gasteiger charge is 2.14. The Bertz CT molecular complexity index is 1100. The second-order valence-corrected chi connectivity index (χ2v) is 7.53. The average molecular weight is 418 g/mol. The molecule has 0 saturated heterocycles. The number of benzene rings is 3. The van der Waals surface area contributed by atoms with E-state index in [0.717, 1.165) is 51.7 Å². The number of methoxy groups -OCH3 is 1. The molecule has 30 heavy (non-hydrogen) atoms. The molecule has 0 unspecified atom stereocenters. The summed E-state index contributed by atoms with van der Waals surface area (Å²) in [5, 5.41) is 9.76. The second-order valence-electron chi connectivity index (χ2n) is 6.59. The van der Waals surface area contributed by atoms with E-state index < -0.39 is 0 Å². The van der Waals surface area contributed by atoms with Crippen molar-refractivity contribution in [3.05, 3.63) is 84.4 Å². The first-order valence-corrected chi connectivity index (χ1v) is 10.8. The molecule has 0 aliphatic carbocycles. The third kappa shape index (κ3) is 4.49. The lowest BCUT2D eigenvalue weighted by Crippen LogP contribution is -2.00. The van der Waals surface area contributed by atoms with E-state index in [0.29, 0.717) is 0 Å². The van der Waals surface area contributed by atoms with Crippen molar-refractivity contribution in [3.8, 4) is 28.6 Å². The molecule has 0 spiro atoms. The normalized spacial score (nSPS) is 10.7. The maximum atomic E-state index is 6.08. The standard InChI is InChI=1S/C24H23N3O2S/c1-3-27-23(18-13-15-20(28-2)16-14-18)25-26-24(27)30-17-19-9-7-8-12-22(19)29-21-10-5-4-6-11-21/h4-16H,3,17H2,1-2H3. The molecular formula is C24H23N3O2S. The molecule has 0 saturated carbocycles. The molecule has 0 aliphatic heterocycles. The van der Waals surface area contributed by atoms with Gasteiger partial charge in [-0.05, 0) is 49.4 Å². The molecule has 0 fully saturated rings. The fourth-order valence-electron chi connectivity index (χ4n) is 3.11. The molecule has 0 bridgehead atoms. The molecule has 0 aliphatic rings. The molecule has 4 rings (SSSR count). The Morgan fingerprint density at radius 2 is 1.57 bits per heavy atom. The van der Waals surface area contributed by atoms with Crippen LogP contribution in [-0.4, -0.2) is 21.9 Å². The Morgan fingerprint density at radius 1 is 0.833 bits per heavy atom. The van der Waals surface area contributed by atoms with Crippen molar-refractivity contribution in [1.29, 1.82) is 0 Å². The van der Waals surface area contributed by atoms with Gasteiger partial charge in [0.2, 0.25) is 0 Å². The highest BCUT2D eigenvalue weighted by molar-refractivity contribution is 7.98. The van der Waals surface area contributed by atoms with Gasteiger partial charge in [-0.25, -0.2) is 0 Å². The molecule has 5 nitrogen and oxygen atoms in total. The Kier molecular flexibility index (Phi) is 6.35. The summed E-state index contributed by atoms with van der Waals surface area (Å²) in [7, 11) is 1.66. The number of rotatable bonds is 8. The van der Waals surface area contributed by atoms with Crippen molar-refractivity contribution in [2.75, 3.05) is 7.11 Å². The van der Waals surface area contributed by atoms with E-state index in [2.05, 4.69) is 27.8 Å². The monoisotopic (exact) mass is 417 g/mol. The lowest BCUT2D eigenvalue weighted by Gasteiger charge is -2.11. The number of hydrogen-bond donors (Lipinski definition) is 0. The van der Waals surface area contributed by atoms with Crippen LogP contribution in [0.5, 0.6) is 17.2 Å². The van der Waals surface area contributed by atoms with Gasteiger partial charge in [0.25, 0.3) is 0 Å². The van der Waals surface area contributed by atoms with E-state index >= 15 is 0 Å². The third-order valence-corrected chi connectivity index (χ3v) is 5.70. The van der Waals surface area contributed by atoms with Crippen LogP contribution in [0.15, 0.2) is 84.0 Å². The van der Waals surface area contributed by atoms with Gasteiger partial charge in [0, 0.05) is 23.4 Å². The van der Waals surface area contributed by atoms with E-state index in [1.165, 1.54) is 0 Å². The quantitative estimate of drug-likeness (QED) is 0.326. The molecule has 0 amide bonds. The topological polar surface area (TPSA) is 49.2 Å². The summed E-state index contributed by atoms with van der Waals surface area (Å²) in [5.74, 6) is 4.11. The molecule has 1 heterocycles. The van der Waals surface area contributed by atoms with Crippen molar-refractivity contribution < 1.29 is 9.47 Å². The Balaban J connectivity index is 1.52. The Morgan fingerprint density at radius 3 is 2.30 bits per heavy atom. The summed E-state index contributed by atoms with van der Waals surface area (Å²) in [4.78, 5) is 0. The van der Waals surface area contributed by atoms with Crippen LogP contribution in [0, 0.1) is 0 Å². The van der Waals surface area contributed by atoms with E-state index in [4.69, 9.17) is 9.47 Å². The van der Waals surface area contributed by atoms with E-state index in [9.17, 15) is 0 Å². The van der Waals surface area contributed by atoms with E-state index in [-0.39, 0.29) is 0 Å². The molecule has 1 aromatic heterocycles. The van der Waals surface area contributed by atoms with Gasteiger partial charge in [-0.1, -0.05) is 48.2 Å². The van der Waals surface area contributed by atoms with Crippen LogP contribution in [0.3, 0.4) is 0 Å². The first kappa shape index (κ1) is 20.0. The van der Waals surface area contributed by atoms with Crippen molar-refractivity contribution in [2.45, 2.75) is 24.4 Å². The van der Waals surface area contributed by atoms with Gasteiger partial charge in [-0.3, -0.25) is 0 Å². The second kappa shape index (κ2) is 9.50. The molecule has 3 aromatic carbocycles. The fraction of sp³-hybridized carbons (Fsp3) is 0.167. The first-order valence-electron chi connectivity index (χ1n) is 9.79. The predicted octanol–water partition coefficient (Wildman–Crippen LogP) is 6.06. The van der Waals surface area contributed by atoms with Gasteiger partial charge < -0.3 is 14.0 Å². The third-order valence-electron chi connectivity index (χ3n) is 4.68. The zero-order valence-electron chi connectivity index (χ0n) is 17.0. The smallest absolute Gasteiger partial charge is 0.191 e. The summed E-state index contributed by atoms with van der Waals surface area (Å²) < 4.78 is 13.5. The van der Waals surface area contributed by atoms with Gasteiger partial charge in [-0.2, -0.15) is 0 Å². The zero-order valence-corrected chi connectivity index (χ0v) is 17.8. The van der Waals surface area contributed by atoms with Crippen molar-refractivity contribution in [2.24, 2.45) is 0 Å². The number of thioether (sulfide) groups is 1.